The molecule has 0 aliphatic carbocycles. The molecule has 1 heterocycles. The van der Waals surface area contributed by atoms with Crippen molar-refractivity contribution in [3.8, 4) is 0 Å². The number of aromatic amines is 1. The monoisotopic (exact) mass is 497 g/mol. The highest BCUT2D eigenvalue weighted by atomic mass is 28.3. The summed E-state index contributed by atoms with van der Waals surface area (Å²) in [6, 6.07) is 40.6. The predicted octanol–water partition coefficient (Wildman–Crippen LogP) is 5.78. The van der Waals surface area contributed by atoms with Crippen LogP contribution in [0.1, 0.15) is 28.1 Å². The van der Waals surface area contributed by atoms with Gasteiger partial charge < -0.3 is 9.64 Å². The van der Waals surface area contributed by atoms with Crippen molar-refractivity contribution in [3.05, 3.63) is 143 Å². The van der Waals surface area contributed by atoms with Crippen LogP contribution in [0.4, 0.5) is 5.69 Å². The van der Waals surface area contributed by atoms with Gasteiger partial charge in [-0.25, -0.2) is 0 Å². The number of aliphatic imine (C=N–C) groups is 1. The Balaban J connectivity index is 1.55. The summed E-state index contributed by atoms with van der Waals surface area (Å²) < 4.78 is 5.44. The zero-order valence-electron chi connectivity index (χ0n) is 21.5. The highest BCUT2D eigenvalue weighted by molar-refractivity contribution is 7.10. The first-order valence-corrected chi connectivity index (χ1v) is 14.5. The fourth-order valence-electron chi connectivity index (χ4n) is 5.02. The van der Waals surface area contributed by atoms with Crippen molar-refractivity contribution >= 4 is 41.9 Å². The number of hydrogen-bond acceptors (Lipinski definition) is 2. The third-order valence-electron chi connectivity index (χ3n) is 6.67. The Labute approximate surface area is 220 Å². The van der Waals surface area contributed by atoms with Crippen LogP contribution in [-0.2, 0) is 0 Å². The maximum Gasteiger partial charge on any atom is 0.273 e. The second-order valence-corrected chi connectivity index (χ2v) is 12.9. The Morgan fingerprint density at radius 2 is 1.00 bits per heavy atom. The normalized spacial score (nSPS) is 12.0. The fraction of sp³-hybridized carbons (Fsp3) is 0.0909. The lowest BCUT2D eigenvalue weighted by Gasteiger charge is -2.29. The Morgan fingerprint density at radius 1 is 0.568 bits per heavy atom. The molecular weight excluding hydrogens is 466 g/mol. The minimum atomic E-state index is -2.67. The highest BCUT2D eigenvalue weighted by Crippen LogP contribution is 2.24. The van der Waals surface area contributed by atoms with Gasteiger partial charge in [0.1, 0.15) is 0 Å². The summed E-state index contributed by atoms with van der Waals surface area (Å²) in [5.41, 5.74) is 6.57. The molecule has 0 spiro atoms. The SMILES string of the molecule is Cc1cc(C)c(N=Cc2ccc(/C=N/[Si](c3ccccc3)(c3ccccc3)c3ccccc3)[nH]2)c(C)c1. The van der Waals surface area contributed by atoms with E-state index in [0.29, 0.717) is 0 Å². The third-order valence-corrected chi connectivity index (χ3v) is 10.7. The lowest BCUT2D eigenvalue weighted by atomic mass is 10.1. The molecule has 0 fully saturated rings. The summed E-state index contributed by atoms with van der Waals surface area (Å²) in [7, 11) is -2.67. The van der Waals surface area contributed by atoms with Crippen LogP contribution >= 0.6 is 0 Å². The van der Waals surface area contributed by atoms with Gasteiger partial charge in [0.25, 0.3) is 8.24 Å². The Hall–Kier alpha value is -4.28. The van der Waals surface area contributed by atoms with Gasteiger partial charge in [0, 0.05) is 6.21 Å². The van der Waals surface area contributed by atoms with Crippen molar-refractivity contribution < 1.29 is 0 Å². The van der Waals surface area contributed by atoms with E-state index in [1.807, 2.05) is 12.4 Å². The molecule has 5 aromatic rings. The molecule has 1 N–H and O–H groups in total. The van der Waals surface area contributed by atoms with Gasteiger partial charge in [0.05, 0.1) is 23.3 Å². The van der Waals surface area contributed by atoms with E-state index in [-0.39, 0.29) is 0 Å². The maximum atomic E-state index is 5.44. The van der Waals surface area contributed by atoms with Gasteiger partial charge in [0.2, 0.25) is 0 Å². The second kappa shape index (κ2) is 10.8. The first-order chi connectivity index (χ1) is 18.1. The fourth-order valence-corrected chi connectivity index (χ4v) is 8.82. The van der Waals surface area contributed by atoms with Gasteiger partial charge in [-0.05, 0) is 59.6 Å². The number of H-pyrrole nitrogens is 1. The Morgan fingerprint density at radius 3 is 1.46 bits per heavy atom. The standard InChI is InChI=1S/C33H31N3Si/c1-25-21-26(2)33(27(3)22-25)34-23-28-19-20-29(36-28)24-35-37(30-13-7-4-8-14-30,31-15-9-5-10-16-31)32-17-11-6-12-18-32/h4-24,36H,1-3H3/b34-23?,35-24+. The van der Waals surface area contributed by atoms with Crippen molar-refractivity contribution in [2.75, 3.05) is 0 Å². The molecule has 4 aromatic carbocycles. The van der Waals surface area contributed by atoms with E-state index in [9.17, 15) is 0 Å². The number of aryl methyl sites for hydroxylation is 3. The van der Waals surface area contributed by atoms with Crippen LogP contribution in [0, 0.1) is 20.8 Å². The smallest absolute Gasteiger partial charge is 0.273 e. The summed E-state index contributed by atoms with van der Waals surface area (Å²) in [6.45, 7) is 6.34. The summed E-state index contributed by atoms with van der Waals surface area (Å²) in [5, 5.41) is 3.76. The van der Waals surface area contributed by atoms with Gasteiger partial charge >= 0.3 is 0 Å². The number of nitrogens with one attached hydrogen (secondary N) is 1. The van der Waals surface area contributed by atoms with Gasteiger partial charge in [0.15, 0.2) is 0 Å². The molecule has 0 unspecified atom stereocenters. The van der Waals surface area contributed by atoms with Gasteiger partial charge in [-0.1, -0.05) is 109 Å². The van der Waals surface area contributed by atoms with Crippen LogP contribution in [0.15, 0.2) is 125 Å². The lowest BCUT2D eigenvalue weighted by Crippen LogP contribution is -2.66. The molecule has 0 aliphatic heterocycles. The summed E-state index contributed by atoms with van der Waals surface area (Å²) in [5.74, 6) is 0. The quantitative estimate of drug-likeness (QED) is 0.168. The molecular formula is C33H31N3Si. The van der Waals surface area contributed by atoms with Crippen LogP contribution in [0.25, 0.3) is 0 Å². The first-order valence-electron chi connectivity index (χ1n) is 12.6. The maximum absolute atomic E-state index is 5.44. The van der Waals surface area contributed by atoms with Crippen molar-refractivity contribution in [1.82, 2.24) is 4.98 Å². The number of benzene rings is 4. The lowest BCUT2D eigenvalue weighted by molar-refractivity contribution is 1.28. The molecule has 0 amide bonds. The first kappa shape index (κ1) is 24.4. The molecule has 37 heavy (non-hydrogen) atoms. The average molecular weight is 498 g/mol. The molecule has 3 nitrogen and oxygen atoms in total. The van der Waals surface area contributed by atoms with E-state index < -0.39 is 8.24 Å². The van der Waals surface area contributed by atoms with Crippen LogP contribution < -0.4 is 15.6 Å². The Kier molecular flexibility index (Phi) is 7.11. The van der Waals surface area contributed by atoms with E-state index in [0.717, 1.165) is 17.1 Å². The molecule has 5 rings (SSSR count). The van der Waals surface area contributed by atoms with E-state index in [2.05, 4.69) is 141 Å². The minimum Gasteiger partial charge on any atom is -0.353 e. The van der Waals surface area contributed by atoms with Gasteiger partial charge in [-0.15, -0.1) is 0 Å². The van der Waals surface area contributed by atoms with E-state index in [1.165, 1.54) is 32.3 Å². The topological polar surface area (TPSA) is 40.5 Å². The molecule has 0 saturated carbocycles. The number of hydrogen-bond donors (Lipinski definition) is 1. The number of aromatic nitrogens is 1. The largest absolute Gasteiger partial charge is 0.353 e. The zero-order valence-corrected chi connectivity index (χ0v) is 22.5. The van der Waals surface area contributed by atoms with Crippen LogP contribution in [0.3, 0.4) is 0 Å². The number of nitrogens with zero attached hydrogens (tertiary/aromatic N) is 2. The molecule has 0 atom stereocenters. The number of rotatable bonds is 7. The van der Waals surface area contributed by atoms with Crippen LogP contribution in [-0.4, -0.2) is 25.6 Å². The molecule has 0 radical (unpaired) electrons. The highest BCUT2D eigenvalue weighted by Gasteiger charge is 2.39. The minimum absolute atomic E-state index is 0.951. The van der Waals surface area contributed by atoms with E-state index in [4.69, 9.17) is 9.65 Å². The Bertz CT molecular complexity index is 1420. The average Bonchev–Trinajstić information content (AvgIpc) is 3.38. The molecule has 0 aliphatic rings. The molecule has 4 heteroatoms. The van der Waals surface area contributed by atoms with E-state index in [1.54, 1.807) is 0 Å². The molecule has 0 bridgehead atoms. The molecule has 0 saturated heterocycles. The van der Waals surface area contributed by atoms with Crippen molar-refractivity contribution in [1.29, 1.82) is 0 Å². The van der Waals surface area contributed by atoms with Gasteiger partial charge in [-0.3, -0.25) is 4.99 Å². The van der Waals surface area contributed by atoms with E-state index >= 15 is 0 Å². The van der Waals surface area contributed by atoms with Crippen LogP contribution in [0.2, 0.25) is 0 Å². The van der Waals surface area contributed by atoms with Crippen molar-refractivity contribution in [2.24, 2.45) is 9.65 Å². The van der Waals surface area contributed by atoms with Crippen molar-refractivity contribution in [2.45, 2.75) is 20.8 Å². The van der Waals surface area contributed by atoms with Gasteiger partial charge in [-0.2, -0.15) is 0 Å². The van der Waals surface area contributed by atoms with Crippen molar-refractivity contribution in [3.63, 3.8) is 0 Å². The molecule has 1 aromatic heterocycles. The summed E-state index contributed by atoms with van der Waals surface area (Å²) in [4.78, 5) is 8.27. The molecule has 182 valence electrons. The summed E-state index contributed by atoms with van der Waals surface area (Å²) in [6.07, 6.45) is 3.90. The van der Waals surface area contributed by atoms with Crippen LogP contribution in [0.5, 0.6) is 0 Å². The third kappa shape index (κ3) is 5.15. The second-order valence-electron chi connectivity index (χ2n) is 9.44. The predicted molar refractivity (Wildman–Crippen MR) is 160 cm³/mol. The summed E-state index contributed by atoms with van der Waals surface area (Å²) >= 11 is 0. The zero-order chi connectivity index (χ0) is 25.7.